The number of nitrogens with one attached hydrogen (secondary N) is 3. The second-order valence-corrected chi connectivity index (χ2v) is 16.2. The largest absolute Gasteiger partial charge is 0.481 e. The first-order valence-electron chi connectivity index (χ1n) is 19.9. The summed E-state index contributed by atoms with van der Waals surface area (Å²) >= 11 is 7.07. The van der Waals surface area contributed by atoms with Crippen LogP contribution in [0, 0.1) is 18.8 Å². The van der Waals surface area contributed by atoms with Crippen LogP contribution in [0.3, 0.4) is 0 Å². The number of aliphatic carboxylic acids is 1. The Bertz CT molecular complexity index is 2270. The van der Waals surface area contributed by atoms with Gasteiger partial charge in [-0.05, 0) is 104 Å². The number of rotatable bonds is 11. The van der Waals surface area contributed by atoms with Crippen LogP contribution in [0.5, 0.6) is 0 Å². The fourth-order valence-electron chi connectivity index (χ4n) is 8.97. The van der Waals surface area contributed by atoms with Gasteiger partial charge in [-0.1, -0.05) is 48.0 Å². The maximum absolute atomic E-state index is 13.8. The van der Waals surface area contributed by atoms with Crippen molar-refractivity contribution >= 4 is 51.4 Å². The van der Waals surface area contributed by atoms with Crippen molar-refractivity contribution in [3.63, 3.8) is 0 Å². The Kier molecular flexibility index (Phi) is 11.1. The highest BCUT2D eigenvalue weighted by molar-refractivity contribution is 6.36. The van der Waals surface area contributed by atoms with Crippen LogP contribution in [0.1, 0.15) is 78.1 Å². The Balaban J connectivity index is 0.950. The van der Waals surface area contributed by atoms with Crippen LogP contribution in [0.15, 0.2) is 66.9 Å². The molecule has 2 fully saturated rings. The summed E-state index contributed by atoms with van der Waals surface area (Å²) in [6.45, 7) is 5.23. The van der Waals surface area contributed by atoms with E-state index in [1.54, 1.807) is 0 Å². The van der Waals surface area contributed by atoms with Gasteiger partial charge in [-0.25, -0.2) is 9.97 Å². The number of carbonyl (C=O) groups excluding carboxylic acids is 1. The number of aliphatic hydroxyl groups excluding tert-OH is 1. The third kappa shape index (κ3) is 7.91. The summed E-state index contributed by atoms with van der Waals surface area (Å²) in [5.41, 5.74) is 7.27. The molecule has 56 heavy (non-hydrogen) atoms. The molecule has 8 rings (SSSR count). The molecule has 1 amide bonds. The number of fused-ring (bicyclic) bond motifs is 2. The number of anilines is 3. The first kappa shape index (κ1) is 38.1. The SMILES string of the molecule is Cc1c(Nc2nccc3cc(CN[C@H]4CCC[C@@H]4O)ccc23)cccc1-c1cccc(NC(=O)c2nc3c(n2C)CCN(CC2CCC(C(=O)O)CC2)C3)c1Cl. The van der Waals surface area contributed by atoms with Crippen LogP contribution < -0.4 is 16.0 Å². The van der Waals surface area contributed by atoms with E-state index < -0.39 is 5.97 Å². The molecular weight excluding hydrogens is 726 g/mol. The van der Waals surface area contributed by atoms with Crippen molar-refractivity contribution in [1.82, 2.24) is 24.8 Å². The molecule has 2 saturated carbocycles. The zero-order valence-corrected chi connectivity index (χ0v) is 32.8. The maximum atomic E-state index is 13.8. The number of aliphatic hydroxyl groups is 1. The predicted octanol–water partition coefficient (Wildman–Crippen LogP) is 7.85. The van der Waals surface area contributed by atoms with E-state index in [0.717, 1.165) is 120 Å². The molecule has 11 nitrogen and oxygen atoms in total. The number of aromatic nitrogens is 3. The minimum Gasteiger partial charge on any atom is -0.481 e. The van der Waals surface area contributed by atoms with Crippen molar-refractivity contribution in [3.05, 3.63) is 100 Å². The van der Waals surface area contributed by atoms with Gasteiger partial charge in [0.2, 0.25) is 0 Å². The molecule has 0 saturated heterocycles. The van der Waals surface area contributed by atoms with E-state index in [9.17, 15) is 19.8 Å². The van der Waals surface area contributed by atoms with Gasteiger partial charge >= 0.3 is 5.97 Å². The highest BCUT2D eigenvalue weighted by atomic mass is 35.5. The number of pyridine rings is 1. The molecule has 1 aliphatic heterocycles. The van der Waals surface area contributed by atoms with Gasteiger partial charge in [-0.2, -0.15) is 0 Å². The van der Waals surface area contributed by atoms with Crippen molar-refractivity contribution in [2.24, 2.45) is 18.9 Å². The van der Waals surface area contributed by atoms with Crippen LogP contribution in [0.25, 0.3) is 21.9 Å². The highest BCUT2D eigenvalue weighted by Gasteiger charge is 2.30. The van der Waals surface area contributed by atoms with E-state index in [4.69, 9.17) is 21.6 Å². The van der Waals surface area contributed by atoms with E-state index in [0.29, 0.717) is 35.5 Å². The number of hydrogen-bond acceptors (Lipinski definition) is 8. The van der Waals surface area contributed by atoms with E-state index >= 15 is 0 Å². The van der Waals surface area contributed by atoms with E-state index in [1.807, 2.05) is 67.2 Å². The molecule has 0 unspecified atom stereocenters. The van der Waals surface area contributed by atoms with E-state index in [1.165, 1.54) is 0 Å². The third-order valence-electron chi connectivity index (χ3n) is 12.3. The maximum Gasteiger partial charge on any atom is 0.306 e. The summed E-state index contributed by atoms with van der Waals surface area (Å²) in [6, 6.07) is 20.3. The number of hydrogen-bond donors (Lipinski definition) is 5. The first-order chi connectivity index (χ1) is 27.1. The Morgan fingerprint density at radius 1 is 0.964 bits per heavy atom. The number of amides is 1. The van der Waals surface area contributed by atoms with Gasteiger partial charge in [-0.3, -0.25) is 14.5 Å². The number of carboxylic acid groups (broad SMARTS) is 1. The molecule has 5 aromatic rings. The van der Waals surface area contributed by atoms with Gasteiger partial charge in [0.1, 0.15) is 5.82 Å². The molecule has 12 heteroatoms. The van der Waals surface area contributed by atoms with E-state index in [-0.39, 0.29) is 24.0 Å². The van der Waals surface area contributed by atoms with Crippen LogP contribution >= 0.6 is 11.6 Å². The number of carbonyl (C=O) groups is 2. The molecule has 2 atom stereocenters. The van der Waals surface area contributed by atoms with Gasteiger partial charge in [-0.15, -0.1) is 0 Å². The van der Waals surface area contributed by atoms with Gasteiger partial charge in [0, 0.05) is 74.2 Å². The molecule has 3 heterocycles. The smallest absolute Gasteiger partial charge is 0.306 e. The number of benzene rings is 3. The van der Waals surface area contributed by atoms with Crippen molar-refractivity contribution in [2.75, 3.05) is 23.7 Å². The Morgan fingerprint density at radius 2 is 1.75 bits per heavy atom. The molecule has 2 aliphatic carbocycles. The molecule has 3 aromatic carbocycles. The lowest BCUT2D eigenvalue weighted by Crippen LogP contribution is -2.36. The zero-order valence-electron chi connectivity index (χ0n) is 32.0. The Morgan fingerprint density at radius 3 is 2.52 bits per heavy atom. The predicted molar refractivity (Wildman–Crippen MR) is 220 cm³/mol. The lowest BCUT2D eigenvalue weighted by Gasteiger charge is -2.33. The molecule has 0 bridgehead atoms. The van der Waals surface area contributed by atoms with Gasteiger partial charge in [0.05, 0.1) is 28.4 Å². The molecule has 3 aliphatic rings. The quantitative estimate of drug-likeness (QED) is 0.0906. The summed E-state index contributed by atoms with van der Waals surface area (Å²) in [4.78, 5) is 37.0. The van der Waals surface area contributed by atoms with Crippen LogP contribution in [-0.4, -0.2) is 66.8 Å². The average molecular weight is 776 g/mol. The minimum atomic E-state index is -0.675. The summed E-state index contributed by atoms with van der Waals surface area (Å²) < 4.78 is 1.90. The Labute approximate surface area is 332 Å². The molecule has 2 aromatic heterocycles. The molecule has 5 N–H and O–H groups in total. The second-order valence-electron chi connectivity index (χ2n) is 15.9. The van der Waals surface area contributed by atoms with Gasteiger partial charge in [0.25, 0.3) is 5.91 Å². The van der Waals surface area contributed by atoms with Crippen molar-refractivity contribution in [3.8, 4) is 11.1 Å². The monoisotopic (exact) mass is 775 g/mol. The summed E-state index contributed by atoms with van der Waals surface area (Å²) in [7, 11) is 1.90. The normalized spacial score (nSPS) is 21.2. The zero-order chi connectivity index (χ0) is 38.9. The van der Waals surface area contributed by atoms with Gasteiger partial charge in [0.15, 0.2) is 5.82 Å². The first-order valence-corrected chi connectivity index (χ1v) is 20.3. The number of carboxylic acids is 1. The topological polar surface area (TPSA) is 145 Å². The number of imidazole rings is 1. The van der Waals surface area contributed by atoms with Gasteiger partial charge < -0.3 is 30.7 Å². The number of nitrogens with zero attached hydrogens (tertiary/aromatic N) is 4. The standard InChI is InChI=1S/C44H50ClN7O4/c1-26-31(6-3-8-34(26)48-41-32-17-14-28(22-30(32)18-20-46-41)23-47-35-9-5-11-39(35)53)33-7-4-10-36(40(33)45)50-43(54)42-49-37-25-52(21-19-38(37)51(42)2)24-27-12-15-29(16-13-27)44(55)56/h3-4,6-8,10,14,17-18,20,22,27,29,35,39,47,53H,5,9,11-13,15-16,19,21,23-25H2,1-2H3,(H,46,48)(H,50,54)(H,55,56)/t27?,29?,35-,39-/m0/s1. The Hall–Kier alpha value is -4.81. The second kappa shape index (κ2) is 16.3. The lowest BCUT2D eigenvalue weighted by atomic mass is 9.81. The molecule has 292 valence electrons. The molecular formula is C44H50ClN7O4. The fraction of sp³-hybridized carbons (Fsp3) is 0.409. The lowest BCUT2D eigenvalue weighted by molar-refractivity contribution is -0.143. The van der Waals surface area contributed by atoms with Crippen molar-refractivity contribution in [2.45, 2.75) is 83.5 Å². The van der Waals surface area contributed by atoms with E-state index in [2.05, 4.69) is 39.0 Å². The average Bonchev–Trinajstić information content (AvgIpc) is 3.77. The third-order valence-corrected chi connectivity index (χ3v) is 12.7. The van der Waals surface area contributed by atoms with Crippen LogP contribution in [-0.2, 0) is 31.4 Å². The van der Waals surface area contributed by atoms with Crippen molar-refractivity contribution < 1.29 is 19.8 Å². The fourth-order valence-corrected chi connectivity index (χ4v) is 9.24. The van der Waals surface area contributed by atoms with Crippen molar-refractivity contribution in [1.29, 1.82) is 0 Å². The minimum absolute atomic E-state index is 0.149. The highest BCUT2D eigenvalue weighted by Crippen LogP contribution is 2.39. The van der Waals surface area contributed by atoms with Crippen LogP contribution in [0.4, 0.5) is 17.2 Å². The number of halogens is 1. The summed E-state index contributed by atoms with van der Waals surface area (Å²) in [5.74, 6) is 0.389. The summed E-state index contributed by atoms with van der Waals surface area (Å²) in [6.07, 6.45) is 8.63. The summed E-state index contributed by atoms with van der Waals surface area (Å²) in [5, 5.41) is 32.2. The van der Waals surface area contributed by atoms with Crippen LogP contribution in [0.2, 0.25) is 5.02 Å². The molecule has 0 spiro atoms. The molecule has 0 radical (unpaired) electrons.